The van der Waals surface area contributed by atoms with E-state index < -0.39 is 11.7 Å². The summed E-state index contributed by atoms with van der Waals surface area (Å²) in [7, 11) is 1.66. The molecule has 13 heteroatoms. The SMILES string of the molecule is COCCOc1ccc(N2CCN(C(N)Cc3nc(NNC(=O)OC(C)(C)C)c4cn[nH]c4n3)CC2)cc1. The minimum atomic E-state index is -0.619. The summed E-state index contributed by atoms with van der Waals surface area (Å²) >= 11 is 0. The van der Waals surface area contributed by atoms with Gasteiger partial charge in [0.15, 0.2) is 11.5 Å². The number of carbonyl (C=O) groups excluding carboxylic acids is 1. The number of aromatic nitrogens is 4. The number of hydrogen-bond acceptors (Lipinski definition) is 11. The molecule has 0 radical (unpaired) electrons. The van der Waals surface area contributed by atoms with Crippen molar-refractivity contribution in [3.8, 4) is 5.75 Å². The average Bonchev–Trinajstić information content (AvgIpc) is 3.36. The second kappa shape index (κ2) is 12.2. The third-order valence-corrected chi connectivity index (χ3v) is 5.97. The molecule has 2 aromatic heterocycles. The Morgan fingerprint density at radius 2 is 1.87 bits per heavy atom. The summed E-state index contributed by atoms with van der Waals surface area (Å²) in [6.07, 6.45) is 1.15. The number of hydrazine groups is 1. The van der Waals surface area contributed by atoms with E-state index in [-0.39, 0.29) is 6.17 Å². The highest BCUT2D eigenvalue weighted by Gasteiger charge is 2.24. The molecule has 0 spiro atoms. The molecule has 0 bridgehead atoms. The third kappa shape index (κ3) is 7.43. The summed E-state index contributed by atoms with van der Waals surface area (Å²) in [6, 6.07) is 8.11. The summed E-state index contributed by atoms with van der Waals surface area (Å²) in [5.41, 5.74) is 13.0. The third-order valence-electron chi connectivity index (χ3n) is 5.97. The molecule has 13 nitrogen and oxygen atoms in total. The van der Waals surface area contributed by atoms with E-state index in [4.69, 9.17) is 19.9 Å². The second-order valence-corrected chi connectivity index (χ2v) is 10.0. The number of methoxy groups -OCH3 is 1. The fourth-order valence-electron chi connectivity index (χ4n) is 4.11. The summed E-state index contributed by atoms with van der Waals surface area (Å²) in [5.74, 6) is 1.78. The zero-order valence-electron chi connectivity index (χ0n) is 22.4. The molecule has 1 unspecified atom stereocenters. The van der Waals surface area contributed by atoms with Crippen LogP contribution in [-0.4, -0.2) is 89.4 Å². The van der Waals surface area contributed by atoms with Crippen LogP contribution in [0, 0.1) is 0 Å². The van der Waals surface area contributed by atoms with Crippen LogP contribution in [0.5, 0.6) is 5.75 Å². The lowest BCUT2D eigenvalue weighted by atomic mass is 10.2. The molecule has 5 N–H and O–H groups in total. The number of aromatic amines is 1. The van der Waals surface area contributed by atoms with Gasteiger partial charge in [-0.2, -0.15) is 5.10 Å². The molecule has 1 aliphatic heterocycles. The fourth-order valence-corrected chi connectivity index (χ4v) is 4.11. The van der Waals surface area contributed by atoms with Gasteiger partial charge in [0.1, 0.15) is 23.8 Å². The predicted molar refractivity (Wildman–Crippen MR) is 144 cm³/mol. The number of H-pyrrole nitrogens is 1. The summed E-state index contributed by atoms with van der Waals surface area (Å²) in [4.78, 5) is 25.8. The Labute approximate surface area is 222 Å². The first-order valence-corrected chi connectivity index (χ1v) is 12.6. The number of fused-ring (bicyclic) bond motifs is 1. The molecule has 1 aromatic carbocycles. The van der Waals surface area contributed by atoms with Crippen LogP contribution in [0.2, 0.25) is 0 Å². The Hall–Kier alpha value is -3.68. The Morgan fingerprint density at radius 3 is 2.55 bits per heavy atom. The second-order valence-electron chi connectivity index (χ2n) is 10.0. The van der Waals surface area contributed by atoms with Crippen molar-refractivity contribution in [2.75, 3.05) is 56.8 Å². The molecule has 3 aromatic rings. The van der Waals surface area contributed by atoms with E-state index in [0.717, 1.165) is 37.6 Å². The van der Waals surface area contributed by atoms with E-state index in [1.165, 1.54) is 0 Å². The number of piperazine rings is 1. The minimum Gasteiger partial charge on any atom is -0.491 e. The number of amides is 1. The number of rotatable bonds is 10. The van der Waals surface area contributed by atoms with Crippen molar-refractivity contribution in [3.05, 3.63) is 36.3 Å². The molecular weight excluding hydrogens is 490 g/mol. The van der Waals surface area contributed by atoms with Crippen molar-refractivity contribution in [1.29, 1.82) is 0 Å². The summed E-state index contributed by atoms with van der Waals surface area (Å²) in [5, 5.41) is 7.55. The van der Waals surface area contributed by atoms with E-state index in [1.807, 2.05) is 12.1 Å². The van der Waals surface area contributed by atoms with E-state index in [1.54, 1.807) is 34.1 Å². The lowest BCUT2D eigenvalue weighted by Gasteiger charge is -2.38. The van der Waals surface area contributed by atoms with Crippen molar-refractivity contribution in [2.24, 2.45) is 5.73 Å². The molecule has 1 aliphatic rings. The van der Waals surface area contributed by atoms with Crippen LogP contribution in [-0.2, 0) is 15.9 Å². The van der Waals surface area contributed by atoms with Crippen molar-refractivity contribution in [3.63, 3.8) is 0 Å². The monoisotopic (exact) mass is 527 g/mol. The molecule has 1 fully saturated rings. The van der Waals surface area contributed by atoms with Gasteiger partial charge in [0.2, 0.25) is 0 Å². The number of nitrogens with one attached hydrogen (secondary N) is 3. The van der Waals surface area contributed by atoms with Gasteiger partial charge in [-0.25, -0.2) is 20.2 Å². The fraction of sp³-hybridized carbons (Fsp3) is 0.520. The summed E-state index contributed by atoms with van der Waals surface area (Å²) in [6.45, 7) is 9.79. The lowest BCUT2D eigenvalue weighted by molar-refractivity contribution is 0.0541. The van der Waals surface area contributed by atoms with Crippen LogP contribution in [0.15, 0.2) is 30.5 Å². The highest BCUT2D eigenvalue weighted by Crippen LogP contribution is 2.22. The Bertz CT molecular complexity index is 1190. The first-order valence-electron chi connectivity index (χ1n) is 12.6. The summed E-state index contributed by atoms with van der Waals surface area (Å²) < 4.78 is 15.9. The van der Waals surface area contributed by atoms with Crippen molar-refractivity contribution >= 4 is 28.6 Å². The van der Waals surface area contributed by atoms with E-state index in [9.17, 15) is 4.79 Å². The number of carbonyl (C=O) groups is 1. The molecule has 1 saturated heterocycles. The van der Waals surface area contributed by atoms with Gasteiger partial charge in [0, 0.05) is 45.4 Å². The van der Waals surface area contributed by atoms with Gasteiger partial charge in [0.25, 0.3) is 0 Å². The Balaban J connectivity index is 1.32. The molecule has 38 heavy (non-hydrogen) atoms. The van der Waals surface area contributed by atoms with Crippen LogP contribution >= 0.6 is 0 Å². The van der Waals surface area contributed by atoms with Gasteiger partial charge >= 0.3 is 6.09 Å². The Kier molecular flexibility index (Phi) is 8.81. The number of nitrogens with zero attached hydrogens (tertiary/aromatic N) is 5. The first-order chi connectivity index (χ1) is 18.2. The lowest BCUT2D eigenvalue weighted by Crippen LogP contribution is -2.54. The molecule has 0 aliphatic carbocycles. The number of nitrogens with two attached hydrogens (primary N) is 1. The van der Waals surface area contributed by atoms with Gasteiger partial charge in [-0.05, 0) is 45.0 Å². The van der Waals surface area contributed by atoms with Crippen LogP contribution < -0.4 is 26.2 Å². The molecule has 206 valence electrons. The number of benzene rings is 1. The zero-order valence-corrected chi connectivity index (χ0v) is 22.4. The minimum absolute atomic E-state index is 0.263. The number of ether oxygens (including phenoxy) is 3. The van der Waals surface area contributed by atoms with Gasteiger partial charge in [-0.1, -0.05) is 0 Å². The van der Waals surface area contributed by atoms with Crippen molar-refractivity contribution < 1.29 is 19.0 Å². The van der Waals surface area contributed by atoms with Gasteiger partial charge in [-0.15, -0.1) is 0 Å². The van der Waals surface area contributed by atoms with Gasteiger partial charge in [0.05, 0.1) is 24.4 Å². The maximum Gasteiger partial charge on any atom is 0.426 e. The van der Waals surface area contributed by atoms with E-state index in [0.29, 0.717) is 42.3 Å². The van der Waals surface area contributed by atoms with Crippen molar-refractivity contribution in [2.45, 2.75) is 39.0 Å². The standard InChI is InChI=1S/C25H37N9O4/c1-25(2,3)38-24(35)32-31-23-19-16-27-30-22(19)28-21(29-23)15-20(26)34-11-9-33(10-12-34)17-5-7-18(8-6-17)37-14-13-36-4/h5-8,16,20H,9-15,26H2,1-4H3,(H,32,35)(H2,27,28,29,30,31). The largest absolute Gasteiger partial charge is 0.491 e. The quantitative estimate of drug-likeness (QED) is 0.225. The molecule has 1 amide bonds. The topological polar surface area (TPSA) is 156 Å². The van der Waals surface area contributed by atoms with Crippen LogP contribution in [0.25, 0.3) is 11.0 Å². The van der Waals surface area contributed by atoms with E-state index in [2.05, 4.69) is 52.9 Å². The smallest absolute Gasteiger partial charge is 0.426 e. The van der Waals surface area contributed by atoms with Crippen molar-refractivity contribution in [1.82, 2.24) is 30.5 Å². The highest BCUT2D eigenvalue weighted by molar-refractivity contribution is 5.86. The number of hydrogen-bond donors (Lipinski definition) is 4. The Morgan fingerprint density at radius 1 is 1.13 bits per heavy atom. The molecular formula is C25H37N9O4. The van der Waals surface area contributed by atoms with Crippen LogP contribution in [0.1, 0.15) is 26.6 Å². The molecule has 3 heterocycles. The highest BCUT2D eigenvalue weighted by atomic mass is 16.6. The first kappa shape index (κ1) is 27.4. The van der Waals surface area contributed by atoms with Crippen LogP contribution in [0.4, 0.5) is 16.3 Å². The van der Waals surface area contributed by atoms with Crippen LogP contribution in [0.3, 0.4) is 0 Å². The maximum absolute atomic E-state index is 12.1. The van der Waals surface area contributed by atoms with Gasteiger partial charge < -0.3 is 24.8 Å². The average molecular weight is 528 g/mol. The molecule has 4 rings (SSSR count). The maximum atomic E-state index is 12.1. The van der Waals surface area contributed by atoms with E-state index >= 15 is 0 Å². The normalized spacial score (nSPS) is 15.3. The van der Waals surface area contributed by atoms with Gasteiger partial charge in [-0.3, -0.25) is 15.4 Å². The number of anilines is 2. The molecule has 1 atom stereocenters. The zero-order chi connectivity index (χ0) is 27.1. The predicted octanol–water partition coefficient (Wildman–Crippen LogP) is 1.88. The molecule has 0 saturated carbocycles.